The van der Waals surface area contributed by atoms with Gasteiger partial charge in [0.15, 0.2) is 0 Å². The number of ether oxygens (including phenoxy) is 2. The lowest BCUT2D eigenvalue weighted by Gasteiger charge is -2.24. The van der Waals surface area contributed by atoms with E-state index in [1.165, 1.54) is 11.3 Å². The molecule has 8 heteroatoms. The molecule has 1 aliphatic heterocycles. The largest absolute Gasteiger partial charge is 0.486 e. The number of H-pyrrole nitrogens is 1. The fraction of sp³-hybridized carbons (Fsp3) is 0.294. The molecule has 4 rings (SSSR count). The maximum Gasteiger partial charge on any atom is 0.228 e. The average molecular weight is 378 g/mol. The van der Waals surface area contributed by atoms with Crippen molar-refractivity contribution in [3.63, 3.8) is 0 Å². The molecule has 1 aromatic carbocycles. The minimum absolute atomic E-state index is 0.0234. The molecular weight excluding hydrogens is 362 g/mol. The van der Waals surface area contributed by atoms with Crippen LogP contribution in [0.15, 0.2) is 29.1 Å². The van der Waals surface area contributed by atoms with Gasteiger partial charge < -0.3 is 19.8 Å². The predicted octanol–water partition coefficient (Wildman–Crippen LogP) is 3.12. The fourth-order valence-electron chi connectivity index (χ4n) is 2.57. The summed E-state index contributed by atoms with van der Waals surface area (Å²) in [5.41, 5.74) is 4.46. The van der Waals surface area contributed by atoms with Crippen LogP contribution in [0, 0.1) is 5.92 Å². The molecule has 1 aliphatic rings. The van der Waals surface area contributed by atoms with Gasteiger partial charge in [-0.15, -0.1) is 11.3 Å². The number of halogens is 1. The molecule has 1 fully saturated rings. The second-order valence-electron chi connectivity index (χ2n) is 5.89. The average Bonchev–Trinajstić information content (AvgIpc) is 3.17. The molecule has 1 amide bonds. The lowest BCUT2D eigenvalue weighted by Crippen LogP contribution is -2.41. The van der Waals surface area contributed by atoms with E-state index >= 15 is 0 Å². The van der Waals surface area contributed by atoms with Crippen molar-refractivity contribution in [2.45, 2.75) is 13.2 Å². The molecule has 0 unspecified atom stereocenters. The maximum atomic E-state index is 11.9. The Labute approximate surface area is 153 Å². The Morgan fingerprint density at radius 2 is 2.32 bits per heavy atom. The molecule has 130 valence electrons. The lowest BCUT2D eigenvalue weighted by molar-refractivity contribution is -0.139. The topological polar surface area (TPSA) is 76.2 Å². The first kappa shape index (κ1) is 16.4. The van der Waals surface area contributed by atoms with Gasteiger partial charge >= 0.3 is 0 Å². The number of aromatic nitrogens is 2. The Hall–Kier alpha value is -2.09. The molecule has 0 radical (unpaired) electrons. The number of carbonyl (C=O) groups is 1. The summed E-state index contributed by atoms with van der Waals surface area (Å²) in [6.45, 7) is 1.83. The number of fused-ring (bicyclic) bond motifs is 1. The highest BCUT2D eigenvalue weighted by atomic mass is 35.5. The first-order valence-electron chi connectivity index (χ1n) is 7.85. The van der Waals surface area contributed by atoms with Gasteiger partial charge in [-0.25, -0.2) is 4.98 Å². The molecule has 0 bridgehead atoms. The van der Waals surface area contributed by atoms with Gasteiger partial charge in [0.25, 0.3) is 0 Å². The molecule has 0 aliphatic carbocycles. The highest BCUT2D eigenvalue weighted by Gasteiger charge is 2.26. The standard InChI is InChI=1S/C17H16ClN3O3S/c18-14-2-10-1-12(4-19-17(22)11-5-23-6-11)21-15(10)3-16(14)24-7-13-8-25-9-20-13/h1-3,8-9,11,21H,4-7H2,(H,19,22). The number of nitrogens with zero attached hydrogens (tertiary/aromatic N) is 1. The van der Waals surface area contributed by atoms with E-state index in [4.69, 9.17) is 21.1 Å². The zero-order valence-electron chi connectivity index (χ0n) is 13.3. The summed E-state index contributed by atoms with van der Waals surface area (Å²) in [6.07, 6.45) is 0. The van der Waals surface area contributed by atoms with Crippen LogP contribution >= 0.6 is 22.9 Å². The van der Waals surface area contributed by atoms with Crippen molar-refractivity contribution in [1.82, 2.24) is 15.3 Å². The number of carbonyl (C=O) groups excluding carboxylic acids is 1. The minimum Gasteiger partial charge on any atom is -0.486 e. The van der Waals surface area contributed by atoms with Crippen molar-refractivity contribution in [2.24, 2.45) is 5.92 Å². The van der Waals surface area contributed by atoms with Gasteiger partial charge in [0.2, 0.25) is 5.91 Å². The van der Waals surface area contributed by atoms with Gasteiger partial charge in [0, 0.05) is 28.0 Å². The molecule has 0 atom stereocenters. The van der Waals surface area contributed by atoms with E-state index in [2.05, 4.69) is 15.3 Å². The molecule has 6 nitrogen and oxygen atoms in total. The van der Waals surface area contributed by atoms with E-state index in [9.17, 15) is 4.79 Å². The minimum atomic E-state index is -0.0236. The molecule has 25 heavy (non-hydrogen) atoms. The maximum absolute atomic E-state index is 11.9. The van der Waals surface area contributed by atoms with Crippen LogP contribution in [0.2, 0.25) is 5.02 Å². The Bertz CT molecular complexity index is 890. The van der Waals surface area contributed by atoms with Gasteiger partial charge in [-0.3, -0.25) is 4.79 Å². The number of hydrogen-bond donors (Lipinski definition) is 2. The van der Waals surface area contributed by atoms with Crippen LogP contribution in [0.5, 0.6) is 5.75 Å². The molecule has 3 heterocycles. The second-order valence-corrected chi connectivity index (χ2v) is 7.01. The molecular formula is C17H16ClN3O3S. The van der Waals surface area contributed by atoms with E-state index in [1.807, 2.05) is 23.6 Å². The van der Waals surface area contributed by atoms with Crippen molar-refractivity contribution in [3.8, 4) is 5.75 Å². The number of benzene rings is 1. The number of amides is 1. The Kier molecular flexibility index (Phi) is 4.61. The van der Waals surface area contributed by atoms with E-state index in [1.54, 1.807) is 5.51 Å². The summed E-state index contributed by atoms with van der Waals surface area (Å²) < 4.78 is 10.8. The summed E-state index contributed by atoms with van der Waals surface area (Å²) in [4.78, 5) is 19.3. The molecule has 0 spiro atoms. The summed E-state index contributed by atoms with van der Waals surface area (Å²) in [6, 6.07) is 5.70. The van der Waals surface area contributed by atoms with Crippen molar-refractivity contribution < 1.29 is 14.3 Å². The van der Waals surface area contributed by atoms with Crippen molar-refractivity contribution in [2.75, 3.05) is 13.2 Å². The van der Waals surface area contributed by atoms with Crippen molar-refractivity contribution in [1.29, 1.82) is 0 Å². The lowest BCUT2D eigenvalue weighted by atomic mass is 10.1. The highest BCUT2D eigenvalue weighted by molar-refractivity contribution is 7.07. The normalized spacial score (nSPS) is 14.4. The molecule has 2 aromatic heterocycles. The number of rotatable bonds is 6. The summed E-state index contributed by atoms with van der Waals surface area (Å²) in [5, 5.41) is 6.37. The van der Waals surface area contributed by atoms with E-state index in [-0.39, 0.29) is 11.8 Å². The summed E-state index contributed by atoms with van der Waals surface area (Å²) in [5.74, 6) is 0.603. The predicted molar refractivity (Wildman–Crippen MR) is 95.9 cm³/mol. The monoisotopic (exact) mass is 377 g/mol. The van der Waals surface area contributed by atoms with E-state index < -0.39 is 0 Å². The smallest absolute Gasteiger partial charge is 0.228 e. The highest BCUT2D eigenvalue weighted by Crippen LogP contribution is 2.31. The van der Waals surface area contributed by atoms with E-state index in [0.29, 0.717) is 37.1 Å². The quantitative estimate of drug-likeness (QED) is 0.692. The third-order valence-electron chi connectivity index (χ3n) is 4.05. The van der Waals surface area contributed by atoms with Gasteiger partial charge in [0.05, 0.1) is 41.9 Å². The third-order valence-corrected chi connectivity index (χ3v) is 4.98. The first-order valence-corrected chi connectivity index (χ1v) is 9.17. The molecule has 0 saturated carbocycles. The van der Waals surface area contributed by atoms with Crippen LogP contribution in [0.1, 0.15) is 11.4 Å². The van der Waals surface area contributed by atoms with Crippen LogP contribution in [0.4, 0.5) is 0 Å². The molecule has 1 saturated heterocycles. The Morgan fingerprint density at radius 1 is 1.44 bits per heavy atom. The van der Waals surface area contributed by atoms with Gasteiger partial charge in [-0.05, 0) is 12.1 Å². The van der Waals surface area contributed by atoms with Gasteiger partial charge in [-0.2, -0.15) is 0 Å². The zero-order chi connectivity index (χ0) is 17.2. The second kappa shape index (κ2) is 7.03. The van der Waals surface area contributed by atoms with Crippen molar-refractivity contribution in [3.05, 3.63) is 45.5 Å². The summed E-state index contributed by atoms with van der Waals surface area (Å²) in [7, 11) is 0. The first-order chi connectivity index (χ1) is 12.2. The van der Waals surface area contributed by atoms with Crippen LogP contribution in [0.3, 0.4) is 0 Å². The van der Waals surface area contributed by atoms with Crippen LogP contribution in [-0.2, 0) is 22.7 Å². The van der Waals surface area contributed by atoms with Crippen LogP contribution < -0.4 is 10.1 Å². The zero-order valence-corrected chi connectivity index (χ0v) is 14.8. The van der Waals surface area contributed by atoms with E-state index in [0.717, 1.165) is 22.3 Å². The summed E-state index contributed by atoms with van der Waals surface area (Å²) >= 11 is 7.84. The van der Waals surface area contributed by atoms with Crippen LogP contribution in [-0.4, -0.2) is 29.1 Å². The number of thiazole rings is 1. The Balaban J connectivity index is 1.45. The number of aromatic amines is 1. The van der Waals surface area contributed by atoms with Gasteiger partial charge in [-0.1, -0.05) is 11.6 Å². The van der Waals surface area contributed by atoms with Crippen LogP contribution in [0.25, 0.3) is 10.9 Å². The number of hydrogen-bond acceptors (Lipinski definition) is 5. The number of nitrogens with one attached hydrogen (secondary N) is 2. The molecule has 3 aromatic rings. The van der Waals surface area contributed by atoms with Crippen molar-refractivity contribution >= 4 is 39.7 Å². The Morgan fingerprint density at radius 3 is 3.04 bits per heavy atom. The fourth-order valence-corrected chi connectivity index (χ4v) is 3.34. The van der Waals surface area contributed by atoms with Gasteiger partial charge in [0.1, 0.15) is 12.4 Å². The SMILES string of the molecule is O=C(NCc1cc2cc(Cl)c(OCc3cscn3)cc2[nH]1)C1COC1. The third kappa shape index (κ3) is 3.63. The molecule has 2 N–H and O–H groups in total.